The van der Waals surface area contributed by atoms with Gasteiger partial charge in [-0.1, -0.05) is 0 Å². The van der Waals surface area contributed by atoms with Gasteiger partial charge in [-0.3, -0.25) is 10.1 Å². The molecule has 3 amide bonds. The number of sulfonamides is 1. The molecule has 0 aliphatic heterocycles. The van der Waals surface area contributed by atoms with E-state index in [0.29, 0.717) is 12.1 Å². The first-order chi connectivity index (χ1) is 9.11. The van der Waals surface area contributed by atoms with Crippen LogP contribution in [0, 0.1) is 11.6 Å². The molecule has 0 radical (unpaired) electrons. The second-order valence-electron chi connectivity index (χ2n) is 3.46. The van der Waals surface area contributed by atoms with E-state index in [1.807, 2.05) is 0 Å². The van der Waals surface area contributed by atoms with Crippen molar-refractivity contribution in [3.63, 3.8) is 0 Å². The Hall–Kier alpha value is -2.27. The fraction of sp³-hybridized carbons (Fsp3) is 0.111. The summed E-state index contributed by atoms with van der Waals surface area (Å²) in [5.74, 6) is -4.77. The molecule has 11 heteroatoms. The van der Waals surface area contributed by atoms with Crippen molar-refractivity contribution < 1.29 is 31.5 Å². The highest BCUT2D eigenvalue weighted by Crippen LogP contribution is 2.24. The van der Waals surface area contributed by atoms with Crippen molar-refractivity contribution in [2.75, 3.05) is 6.61 Å². The number of halogens is 2. The zero-order valence-corrected chi connectivity index (χ0v) is 10.5. The van der Waals surface area contributed by atoms with Gasteiger partial charge in [0.25, 0.3) is 5.91 Å². The van der Waals surface area contributed by atoms with Gasteiger partial charge in [-0.05, 0) is 12.1 Å². The Morgan fingerprint density at radius 2 is 1.75 bits per heavy atom. The summed E-state index contributed by atoms with van der Waals surface area (Å²) in [6.45, 7) is -0.897. The minimum absolute atomic E-state index is 0.430. The van der Waals surface area contributed by atoms with Gasteiger partial charge in [0.15, 0.2) is 24.0 Å². The molecule has 0 heterocycles. The fourth-order valence-electron chi connectivity index (χ4n) is 1.15. The molecule has 0 unspecified atom stereocenters. The van der Waals surface area contributed by atoms with Gasteiger partial charge in [-0.25, -0.2) is 27.1 Å². The number of ether oxygens (including phenoxy) is 1. The SMILES string of the molecule is NC(=O)NC(=O)COc1c(F)cc(S(N)(=O)=O)cc1F. The van der Waals surface area contributed by atoms with Crippen molar-refractivity contribution in [2.45, 2.75) is 4.90 Å². The Bertz CT molecular complexity index is 639. The summed E-state index contributed by atoms with van der Waals surface area (Å²) in [4.78, 5) is 20.5. The van der Waals surface area contributed by atoms with Gasteiger partial charge in [-0.15, -0.1) is 0 Å². The van der Waals surface area contributed by atoms with Crippen LogP contribution in [-0.2, 0) is 14.8 Å². The maximum Gasteiger partial charge on any atom is 0.318 e. The Balaban J connectivity index is 2.93. The summed E-state index contributed by atoms with van der Waals surface area (Å²) in [5, 5.41) is 6.31. The van der Waals surface area contributed by atoms with Gasteiger partial charge in [0.1, 0.15) is 0 Å². The van der Waals surface area contributed by atoms with Gasteiger partial charge in [0, 0.05) is 0 Å². The molecular weight excluding hydrogens is 300 g/mol. The van der Waals surface area contributed by atoms with E-state index >= 15 is 0 Å². The number of nitrogens with two attached hydrogens (primary N) is 2. The predicted molar refractivity (Wildman–Crippen MR) is 61.0 cm³/mol. The molecule has 8 nitrogen and oxygen atoms in total. The lowest BCUT2D eigenvalue weighted by molar-refractivity contribution is -0.122. The molecule has 0 bridgehead atoms. The van der Waals surface area contributed by atoms with Crippen LogP contribution in [0.4, 0.5) is 13.6 Å². The van der Waals surface area contributed by atoms with Crippen molar-refractivity contribution in [2.24, 2.45) is 10.9 Å². The number of benzene rings is 1. The molecule has 0 aromatic heterocycles. The average molecular weight is 309 g/mol. The third kappa shape index (κ3) is 4.13. The lowest BCUT2D eigenvalue weighted by atomic mass is 10.3. The van der Waals surface area contributed by atoms with E-state index < -0.39 is 50.8 Å². The van der Waals surface area contributed by atoms with E-state index in [1.165, 1.54) is 0 Å². The third-order valence-corrected chi connectivity index (χ3v) is 2.80. The van der Waals surface area contributed by atoms with E-state index in [0.717, 1.165) is 0 Å². The highest BCUT2D eigenvalue weighted by atomic mass is 32.2. The summed E-state index contributed by atoms with van der Waals surface area (Å²) >= 11 is 0. The lowest BCUT2D eigenvalue weighted by Gasteiger charge is -2.09. The Labute approximate surface area is 111 Å². The van der Waals surface area contributed by atoms with Crippen molar-refractivity contribution in [1.29, 1.82) is 0 Å². The number of urea groups is 1. The predicted octanol–water partition coefficient (Wildman–Crippen LogP) is -0.814. The quantitative estimate of drug-likeness (QED) is 0.666. The zero-order chi connectivity index (χ0) is 15.5. The van der Waals surface area contributed by atoms with E-state index in [2.05, 4.69) is 10.5 Å². The fourth-order valence-corrected chi connectivity index (χ4v) is 1.69. The molecule has 0 spiro atoms. The molecule has 0 fully saturated rings. The minimum Gasteiger partial charge on any atom is -0.478 e. The molecule has 110 valence electrons. The summed E-state index contributed by atoms with van der Waals surface area (Å²) in [7, 11) is -4.29. The van der Waals surface area contributed by atoms with Crippen LogP contribution < -0.4 is 20.9 Å². The van der Waals surface area contributed by atoms with Crippen LogP contribution in [0.25, 0.3) is 0 Å². The molecule has 1 rings (SSSR count). The van der Waals surface area contributed by atoms with E-state index in [4.69, 9.17) is 5.14 Å². The summed E-state index contributed by atoms with van der Waals surface area (Å²) in [6, 6.07) is -0.302. The second-order valence-corrected chi connectivity index (χ2v) is 5.02. The average Bonchev–Trinajstić information content (AvgIpc) is 2.25. The number of nitrogens with one attached hydrogen (secondary N) is 1. The van der Waals surface area contributed by atoms with Gasteiger partial charge >= 0.3 is 6.03 Å². The van der Waals surface area contributed by atoms with E-state index in [9.17, 15) is 26.8 Å². The summed E-state index contributed by atoms with van der Waals surface area (Å²) < 4.78 is 53.2. The number of hydrogen-bond donors (Lipinski definition) is 3. The maximum atomic E-state index is 13.4. The molecule has 1 aromatic carbocycles. The molecular formula is C9H9F2N3O5S. The molecule has 20 heavy (non-hydrogen) atoms. The molecule has 5 N–H and O–H groups in total. The molecule has 1 aromatic rings. The van der Waals surface area contributed by atoms with Crippen LogP contribution in [0.2, 0.25) is 0 Å². The number of rotatable bonds is 4. The summed E-state index contributed by atoms with van der Waals surface area (Å²) in [5.41, 5.74) is 4.63. The lowest BCUT2D eigenvalue weighted by Crippen LogP contribution is -2.38. The smallest absolute Gasteiger partial charge is 0.318 e. The van der Waals surface area contributed by atoms with Gasteiger partial charge in [-0.2, -0.15) is 0 Å². The van der Waals surface area contributed by atoms with Crippen LogP contribution >= 0.6 is 0 Å². The standard InChI is InChI=1S/C9H9F2N3O5S/c10-5-1-4(20(13,17)18)2-6(11)8(5)19-3-7(15)14-9(12)16/h1-2H,3H2,(H2,13,17,18)(H3,12,14,15,16). The minimum atomic E-state index is -4.29. The number of carbonyl (C=O) groups is 2. The Morgan fingerprint density at radius 1 is 1.25 bits per heavy atom. The third-order valence-electron chi connectivity index (χ3n) is 1.91. The Kier molecular flexibility index (Phi) is 4.57. The number of primary sulfonamides is 1. The van der Waals surface area contributed by atoms with Crippen molar-refractivity contribution in [1.82, 2.24) is 5.32 Å². The number of primary amides is 1. The number of hydrogen-bond acceptors (Lipinski definition) is 5. The zero-order valence-electron chi connectivity index (χ0n) is 9.72. The van der Waals surface area contributed by atoms with Crippen molar-refractivity contribution >= 4 is 22.0 Å². The first-order valence-corrected chi connectivity index (χ1v) is 6.40. The van der Waals surface area contributed by atoms with Crippen LogP contribution in [0.1, 0.15) is 0 Å². The number of imide groups is 1. The van der Waals surface area contributed by atoms with Crippen molar-refractivity contribution in [3.8, 4) is 5.75 Å². The highest BCUT2D eigenvalue weighted by molar-refractivity contribution is 7.89. The van der Waals surface area contributed by atoms with Gasteiger partial charge in [0.05, 0.1) is 4.90 Å². The number of amides is 3. The van der Waals surface area contributed by atoms with Crippen molar-refractivity contribution in [3.05, 3.63) is 23.8 Å². The van der Waals surface area contributed by atoms with Gasteiger partial charge in [0.2, 0.25) is 10.0 Å². The largest absolute Gasteiger partial charge is 0.478 e. The Morgan fingerprint density at radius 3 is 2.15 bits per heavy atom. The number of carbonyl (C=O) groups excluding carboxylic acids is 2. The maximum absolute atomic E-state index is 13.4. The molecule has 0 saturated heterocycles. The van der Waals surface area contributed by atoms with Crippen LogP contribution in [0.5, 0.6) is 5.75 Å². The second kappa shape index (κ2) is 5.79. The van der Waals surface area contributed by atoms with Crippen LogP contribution in [0.3, 0.4) is 0 Å². The van der Waals surface area contributed by atoms with Crippen LogP contribution in [-0.4, -0.2) is 27.0 Å². The van der Waals surface area contributed by atoms with E-state index in [-0.39, 0.29) is 0 Å². The topological polar surface area (TPSA) is 142 Å². The first kappa shape index (κ1) is 15.8. The van der Waals surface area contributed by atoms with E-state index in [1.54, 1.807) is 5.32 Å². The molecule has 0 aliphatic carbocycles. The molecule has 0 saturated carbocycles. The highest BCUT2D eigenvalue weighted by Gasteiger charge is 2.19. The van der Waals surface area contributed by atoms with Crippen LogP contribution in [0.15, 0.2) is 17.0 Å². The first-order valence-electron chi connectivity index (χ1n) is 4.85. The monoisotopic (exact) mass is 309 g/mol. The molecule has 0 atom stereocenters. The summed E-state index contributed by atoms with van der Waals surface area (Å²) in [6.07, 6.45) is 0. The normalized spacial score (nSPS) is 10.9. The van der Waals surface area contributed by atoms with Gasteiger partial charge < -0.3 is 10.5 Å². The molecule has 0 aliphatic rings.